The van der Waals surface area contributed by atoms with Crippen LogP contribution in [0.3, 0.4) is 0 Å². The van der Waals surface area contributed by atoms with Crippen LogP contribution in [0.4, 0.5) is 5.82 Å². The van der Waals surface area contributed by atoms with Crippen molar-refractivity contribution in [3.8, 4) is 0 Å². The van der Waals surface area contributed by atoms with Gasteiger partial charge in [0.25, 0.3) is 0 Å². The van der Waals surface area contributed by atoms with Crippen molar-refractivity contribution in [3.05, 3.63) is 17.3 Å². The van der Waals surface area contributed by atoms with Crippen LogP contribution in [0.1, 0.15) is 19.2 Å². The molecule has 3 rings (SSSR count). The second-order valence-electron chi connectivity index (χ2n) is 5.62. The Hall–Kier alpha value is -1.24. The predicted octanol–water partition coefficient (Wildman–Crippen LogP) is 2.55. The smallest absolute Gasteiger partial charge is 0.141 e. The molecular formula is C16H24N4OS. The first-order chi connectivity index (χ1) is 10.8. The van der Waals surface area contributed by atoms with Gasteiger partial charge in [0.15, 0.2) is 0 Å². The number of hydrogen-bond acceptors (Lipinski definition) is 6. The lowest BCUT2D eigenvalue weighted by atomic mass is 10.3. The summed E-state index contributed by atoms with van der Waals surface area (Å²) in [6, 6.07) is 2.14. The molecule has 1 aliphatic heterocycles. The fourth-order valence-electron chi connectivity index (χ4n) is 2.91. The van der Waals surface area contributed by atoms with E-state index >= 15 is 0 Å². The van der Waals surface area contributed by atoms with Gasteiger partial charge in [-0.25, -0.2) is 9.97 Å². The molecule has 1 aliphatic rings. The number of aromatic nitrogens is 2. The molecule has 0 radical (unpaired) electrons. The van der Waals surface area contributed by atoms with Gasteiger partial charge in [-0.15, -0.1) is 11.3 Å². The van der Waals surface area contributed by atoms with E-state index in [-0.39, 0.29) is 0 Å². The molecule has 22 heavy (non-hydrogen) atoms. The zero-order valence-corrected chi connectivity index (χ0v) is 14.2. The third-order valence-corrected chi connectivity index (χ3v) is 4.91. The van der Waals surface area contributed by atoms with E-state index in [1.807, 2.05) is 6.92 Å². The van der Waals surface area contributed by atoms with Gasteiger partial charge in [0.2, 0.25) is 0 Å². The minimum Gasteiger partial charge on any atom is -0.379 e. The van der Waals surface area contributed by atoms with Crippen LogP contribution < -0.4 is 4.90 Å². The minimum absolute atomic E-state index is 0.858. The molecular weight excluding hydrogens is 296 g/mol. The van der Waals surface area contributed by atoms with Crippen molar-refractivity contribution in [1.29, 1.82) is 0 Å². The van der Waals surface area contributed by atoms with Crippen LogP contribution in [-0.4, -0.2) is 60.8 Å². The van der Waals surface area contributed by atoms with Gasteiger partial charge in [0.1, 0.15) is 16.5 Å². The first kappa shape index (κ1) is 15.6. The van der Waals surface area contributed by atoms with Crippen LogP contribution in [0, 0.1) is 6.92 Å². The van der Waals surface area contributed by atoms with E-state index in [0.29, 0.717) is 0 Å². The highest BCUT2D eigenvalue weighted by Crippen LogP contribution is 2.27. The molecule has 0 saturated carbocycles. The average molecular weight is 320 g/mol. The van der Waals surface area contributed by atoms with Crippen molar-refractivity contribution in [2.24, 2.45) is 0 Å². The number of ether oxygens (including phenoxy) is 1. The Morgan fingerprint density at radius 3 is 2.91 bits per heavy atom. The lowest BCUT2D eigenvalue weighted by Crippen LogP contribution is -2.38. The van der Waals surface area contributed by atoms with Gasteiger partial charge in [-0.3, -0.25) is 4.90 Å². The van der Waals surface area contributed by atoms with Crippen molar-refractivity contribution in [3.63, 3.8) is 0 Å². The fraction of sp³-hybridized carbons (Fsp3) is 0.625. The molecule has 0 spiro atoms. The SMILES string of the molecule is CCN(CCCN1CCOCC1)c1nc(C)nc2sccc12. The summed E-state index contributed by atoms with van der Waals surface area (Å²) in [5, 5.41) is 3.29. The molecule has 3 heterocycles. The molecule has 5 nitrogen and oxygen atoms in total. The molecule has 1 fully saturated rings. The van der Waals surface area contributed by atoms with Gasteiger partial charge < -0.3 is 9.64 Å². The molecule has 0 aliphatic carbocycles. The van der Waals surface area contributed by atoms with Crippen molar-refractivity contribution in [2.75, 3.05) is 50.8 Å². The normalized spacial score (nSPS) is 16.3. The van der Waals surface area contributed by atoms with Crippen LogP contribution in [-0.2, 0) is 4.74 Å². The highest BCUT2D eigenvalue weighted by molar-refractivity contribution is 7.16. The summed E-state index contributed by atoms with van der Waals surface area (Å²) in [7, 11) is 0. The molecule has 0 aromatic carbocycles. The van der Waals surface area contributed by atoms with Crippen LogP contribution >= 0.6 is 11.3 Å². The molecule has 0 atom stereocenters. The second kappa shape index (κ2) is 7.35. The predicted molar refractivity (Wildman–Crippen MR) is 91.9 cm³/mol. The van der Waals surface area contributed by atoms with Gasteiger partial charge in [-0.1, -0.05) is 0 Å². The highest BCUT2D eigenvalue weighted by Gasteiger charge is 2.14. The average Bonchev–Trinajstić information content (AvgIpc) is 3.00. The van der Waals surface area contributed by atoms with E-state index in [2.05, 4.69) is 33.2 Å². The van der Waals surface area contributed by atoms with Gasteiger partial charge in [0.05, 0.1) is 18.6 Å². The Morgan fingerprint density at radius 1 is 1.32 bits per heavy atom. The number of nitrogens with zero attached hydrogens (tertiary/aromatic N) is 4. The first-order valence-electron chi connectivity index (χ1n) is 8.05. The number of fused-ring (bicyclic) bond motifs is 1. The summed E-state index contributed by atoms with van der Waals surface area (Å²) < 4.78 is 5.40. The molecule has 0 bridgehead atoms. The number of thiophene rings is 1. The van der Waals surface area contributed by atoms with Crippen LogP contribution in [0.5, 0.6) is 0 Å². The van der Waals surface area contributed by atoms with Crippen molar-refractivity contribution in [2.45, 2.75) is 20.3 Å². The summed E-state index contributed by atoms with van der Waals surface area (Å²) in [4.78, 5) is 15.2. The van der Waals surface area contributed by atoms with Crippen LogP contribution in [0.2, 0.25) is 0 Å². The van der Waals surface area contributed by atoms with Gasteiger partial charge in [-0.05, 0) is 31.7 Å². The summed E-state index contributed by atoms with van der Waals surface area (Å²) in [6.07, 6.45) is 1.16. The fourth-order valence-corrected chi connectivity index (χ4v) is 3.71. The van der Waals surface area contributed by atoms with E-state index in [0.717, 1.165) is 68.8 Å². The Balaban J connectivity index is 1.66. The van der Waals surface area contributed by atoms with E-state index in [4.69, 9.17) is 9.72 Å². The van der Waals surface area contributed by atoms with Crippen molar-refractivity contribution >= 4 is 27.4 Å². The summed E-state index contributed by atoms with van der Waals surface area (Å²) >= 11 is 1.69. The number of rotatable bonds is 6. The maximum absolute atomic E-state index is 5.40. The Labute approximate surface area is 135 Å². The maximum atomic E-state index is 5.40. The maximum Gasteiger partial charge on any atom is 0.141 e. The summed E-state index contributed by atoms with van der Waals surface area (Å²) in [6.45, 7) is 11.2. The van der Waals surface area contributed by atoms with Crippen molar-refractivity contribution in [1.82, 2.24) is 14.9 Å². The second-order valence-corrected chi connectivity index (χ2v) is 6.52. The quantitative estimate of drug-likeness (QED) is 0.818. The number of hydrogen-bond donors (Lipinski definition) is 0. The van der Waals surface area contributed by atoms with Crippen LogP contribution in [0.25, 0.3) is 10.2 Å². The van der Waals surface area contributed by atoms with Crippen LogP contribution in [0.15, 0.2) is 11.4 Å². The molecule has 0 unspecified atom stereocenters. The standard InChI is InChI=1S/C16H24N4OS/c1-3-20(7-4-6-19-8-10-21-11-9-19)15-14-5-12-22-16(14)18-13(2)17-15/h5,12H,3-4,6-11H2,1-2H3. The van der Waals surface area contributed by atoms with E-state index in [9.17, 15) is 0 Å². The zero-order valence-electron chi connectivity index (χ0n) is 13.4. The Kier molecular flexibility index (Phi) is 5.23. The van der Waals surface area contributed by atoms with Gasteiger partial charge in [-0.2, -0.15) is 0 Å². The third kappa shape index (κ3) is 3.56. The Bertz CT molecular complexity index is 609. The molecule has 0 amide bonds. The van der Waals surface area contributed by atoms with Gasteiger partial charge in [0, 0.05) is 32.7 Å². The van der Waals surface area contributed by atoms with E-state index in [1.165, 1.54) is 5.39 Å². The molecule has 120 valence electrons. The monoisotopic (exact) mass is 320 g/mol. The van der Waals surface area contributed by atoms with E-state index < -0.39 is 0 Å². The first-order valence-corrected chi connectivity index (χ1v) is 8.93. The third-order valence-electron chi connectivity index (χ3n) is 4.10. The van der Waals surface area contributed by atoms with E-state index in [1.54, 1.807) is 11.3 Å². The zero-order chi connectivity index (χ0) is 15.4. The van der Waals surface area contributed by atoms with Crippen molar-refractivity contribution < 1.29 is 4.74 Å². The minimum atomic E-state index is 0.858. The molecule has 0 N–H and O–H groups in total. The molecule has 1 saturated heterocycles. The molecule has 2 aromatic heterocycles. The Morgan fingerprint density at radius 2 is 2.14 bits per heavy atom. The van der Waals surface area contributed by atoms with Gasteiger partial charge >= 0.3 is 0 Å². The lowest BCUT2D eigenvalue weighted by molar-refractivity contribution is 0.0376. The lowest BCUT2D eigenvalue weighted by Gasteiger charge is -2.28. The number of anilines is 1. The topological polar surface area (TPSA) is 41.5 Å². The largest absolute Gasteiger partial charge is 0.379 e. The summed E-state index contributed by atoms with van der Waals surface area (Å²) in [5.41, 5.74) is 0. The number of aryl methyl sites for hydroxylation is 1. The molecule has 2 aromatic rings. The summed E-state index contributed by atoms with van der Waals surface area (Å²) in [5.74, 6) is 1.95. The highest BCUT2D eigenvalue weighted by atomic mass is 32.1. The number of morpholine rings is 1. The molecule has 6 heteroatoms.